The second kappa shape index (κ2) is 4.86. The van der Waals surface area contributed by atoms with Crippen LogP contribution in [0, 0.1) is 5.92 Å². The van der Waals surface area contributed by atoms with Gasteiger partial charge >= 0.3 is 0 Å². The largest absolute Gasteiger partial charge is 0.105 e. The molecule has 1 fully saturated rings. The molecule has 1 heteroatoms. The van der Waals surface area contributed by atoms with E-state index < -0.39 is 0 Å². The lowest BCUT2D eigenvalue weighted by molar-refractivity contribution is 0.349. The molecule has 0 amide bonds. The summed E-state index contributed by atoms with van der Waals surface area (Å²) in [4.78, 5) is 0. The molecule has 1 unspecified atom stereocenters. The van der Waals surface area contributed by atoms with E-state index in [0.29, 0.717) is 0 Å². The first-order valence-corrected chi connectivity index (χ1v) is 6.87. The number of hydrogen-bond acceptors (Lipinski definition) is 0. The Morgan fingerprint density at radius 3 is 2.42 bits per heavy atom. The molecule has 0 aromatic heterocycles. The molecule has 12 heavy (non-hydrogen) atoms. The monoisotopic (exact) mass is 182 g/mol. The second-order valence-corrected chi connectivity index (χ2v) is 7.44. The van der Waals surface area contributed by atoms with Crippen molar-refractivity contribution < 1.29 is 0 Å². The summed E-state index contributed by atoms with van der Waals surface area (Å²) in [7, 11) is 0.0312. The van der Waals surface area contributed by atoms with Gasteiger partial charge in [0.05, 0.1) is 9.52 Å². The van der Waals surface area contributed by atoms with Crippen molar-refractivity contribution in [3.8, 4) is 0 Å². The molecule has 0 radical (unpaired) electrons. The van der Waals surface area contributed by atoms with Gasteiger partial charge in [0.1, 0.15) is 0 Å². The van der Waals surface area contributed by atoms with Crippen molar-refractivity contribution >= 4 is 9.52 Å². The van der Waals surface area contributed by atoms with E-state index in [1.807, 2.05) is 0 Å². The fraction of sp³-hybridized carbons (Fsp3) is 0.818. The number of rotatable bonds is 3. The quantitative estimate of drug-likeness (QED) is 0.588. The van der Waals surface area contributed by atoms with Gasteiger partial charge in [-0.05, 0) is 18.4 Å². The highest BCUT2D eigenvalue weighted by molar-refractivity contribution is 6.46. The molecule has 0 N–H and O–H groups in total. The molecule has 0 heterocycles. The Bertz CT molecular complexity index is 145. The van der Waals surface area contributed by atoms with Gasteiger partial charge in [-0.3, -0.25) is 0 Å². The van der Waals surface area contributed by atoms with Crippen LogP contribution in [0.3, 0.4) is 0 Å². The van der Waals surface area contributed by atoms with E-state index in [0.717, 1.165) is 11.5 Å². The predicted molar refractivity (Wildman–Crippen MR) is 59.4 cm³/mol. The molecular weight excluding hydrogens is 160 g/mol. The van der Waals surface area contributed by atoms with Crippen molar-refractivity contribution in [1.82, 2.24) is 0 Å². The Labute approximate surface area is 79.3 Å². The van der Waals surface area contributed by atoms with Crippen LogP contribution in [0.25, 0.3) is 0 Å². The SMILES string of the molecule is C=C(C)[SiH2]C(C)C1CCCCC1. The lowest BCUT2D eigenvalue weighted by Crippen LogP contribution is -2.16. The molecule has 1 aliphatic carbocycles. The molecular formula is C11H22Si. The Morgan fingerprint density at radius 1 is 1.33 bits per heavy atom. The van der Waals surface area contributed by atoms with Gasteiger partial charge in [0, 0.05) is 0 Å². The van der Waals surface area contributed by atoms with Gasteiger partial charge in [-0.15, -0.1) is 6.58 Å². The van der Waals surface area contributed by atoms with Crippen LogP contribution in [-0.4, -0.2) is 9.52 Å². The lowest BCUT2D eigenvalue weighted by atomic mass is 9.87. The van der Waals surface area contributed by atoms with Gasteiger partial charge in [0.15, 0.2) is 0 Å². The molecule has 70 valence electrons. The molecule has 0 saturated heterocycles. The third-order valence-electron chi connectivity index (χ3n) is 3.13. The maximum absolute atomic E-state index is 4.05. The molecule has 0 aliphatic heterocycles. The smallest absolute Gasteiger partial charge is 0.0515 e. The lowest BCUT2D eigenvalue weighted by Gasteiger charge is -2.27. The summed E-state index contributed by atoms with van der Waals surface area (Å²) in [6, 6.07) is 0. The zero-order chi connectivity index (χ0) is 8.97. The van der Waals surface area contributed by atoms with Crippen molar-refractivity contribution in [2.45, 2.75) is 51.5 Å². The van der Waals surface area contributed by atoms with Crippen molar-refractivity contribution in [3.05, 3.63) is 11.8 Å². The van der Waals surface area contributed by atoms with Gasteiger partial charge in [-0.2, -0.15) is 0 Å². The maximum atomic E-state index is 4.05. The Kier molecular flexibility index (Phi) is 4.06. The molecule has 0 aromatic carbocycles. The summed E-state index contributed by atoms with van der Waals surface area (Å²) in [6.07, 6.45) is 7.46. The van der Waals surface area contributed by atoms with E-state index in [1.165, 1.54) is 37.3 Å². The third kappa shape index (κ3) is 3.14. The fourth-order valence-electron chi connectivity index (χ4n) is 2.42. The average Bonchev–Trinajstić information content (AvgIpc) is 2.05. The average molecular weight is 182 g/mol. The van der Waals surface area contributed by atoms with Crippen LogP contribution in [0.2, 0.25) is 5.54 Å². The first-order valence-electron chi connectivity index (χ1n) is 5.34. The zero-order valence-electron chi connectivity index (χ0n) is 8.60. The van der Waals surface area contributed by atoms with Gasteiger partial charge in [-0.25, -0.2) is 0 Å². The van der Waals surface area contributed by atoms with E-state index in [2.05, 4.69) is 20.4 Å². The van der Waals surface area contributed by atoms with Crippen molar-refractivity contribution in [3.63, 3.8) is 0 Å². The molecule has 1 aliphatic rings. The first-order chi connectivity index (χ1) is 5.70. The second-order valence-electron chi connectivity index (χ2n) is 4.54. The summed E-state index contributed by atoms with van der Waals surface area (Å²) in [5.74, 6) is 1.06. The maximum Gasteiger partial charge on any atom is 0.0515 e. The molecule has 0 spiro atoms. The molecule has 0 bridgehead atoms. The van der Waals surface area contributed by atoms with E-state index in [1.54, 1.807) is 0 Å². The minimum absolute atomic E-state index is 0.0312. The highest BCUT2D eigenvalue weighted by Gasteiger charge is 2.19. The van der Waals surface area contributed by atoms with Gasteiger partial charge in [-0.1, -0.05) is 44.2 Å². The normalized spacial score (nSPS) is 23.2. The Morgan fingerprint density at radius 2 is 1.92 bits per heavy atom. The van der Waals surface area contributed by atoms with Crippen LogP contribution in [0.1, 0.15) is 46.0 Å². The third-order valence-corrected chi connectivity index (χ3v) is 5.13. The number of hydrogen-bond donors (Lipinski definition) is 0. The Hall–Kier alpha value is -0.0431. The summed E-state index contributed by atoms with van der Waals surface area (Å²) in [5, 5.41) is 1.49. The van der Waals surface area contributed by atoms with Gasteiger partial charge in [0.2, 0.25) is 0 Å². The summed E-state index contributed by atoms with van der Waals surface area (Å²) < 4.78 is 0. The van der Waals surface area contributed by atoms with Gasteiger partial charge < -0.3 is 0 Å². The van der Waals surface area contributed by atoms with Crippen molar-refractivity contribution in [2.75, 3.05) is 0 Å². The molecule has 1 atom stereocenters. The van der Waals surface area contributed by atoms with Crippen LogP contribution in [0.15, 0.2) is 11.8 Å². The van der Waals surface area contributed by atoms with E-state index in [-0.39, 0.29) is 9.52 Å². The number of allylic oxidation sites excluding steroid dienone is 1. The van der Waals surface area contributed by atoms with Crippen LogP contribution >= 0.6 is 0 Å². The molecule has 1 rings (SSSR count). The Balaban J connectivity index is 2.29. The van der Waals surface area contributed by atoms with Crippen molar-refractivity contribution in [2.24, 2.45) is 5.92 Å². The highest BCUT2D eigenvalue weighted by atomic mass is 28.2. The summed E-state index contributed by atoms with van der Waals surface area (Å²) in [6.45, 7) is 8.72. The molecule has 1 saturated carbocycles. The molecule has 0 nitrogen and oxygen atoms in total. The predicted octanol–water partition coefficient (Wildman–Crippen LogP) is 3.08. The summed E-state index contributed by atoms with van der Waals surface area (Å²) in [5.41, 5.74) is 1.02. The summed E-state index contributed by atoms with van der Waals surface area (Å²) >= 11 is 0. The van der Waals surface area contributed by atoms with Crippen molar-refractivity contribution in [1.29, 1.82) is 0 Å². The van der Waals surface area contributed by atoms with Crippen LogP contribution in [0.5, 0.6) is 0 Å². The van der Waals surface area contributed by atoms with Gasteiger partial charge in [0.25, 0.3) is 0 Å². The van der Waals surface area contributed by atoms with E-state index >= 15 is 0 Å². The van der Waals surface area contributed by atoms with E-state index in [9.17, 15) is 0 Å². The van der Waals surface area contributed by atoms with Crippen LogP contribution in [-0.2, 0) is 0 Å². The minimum atomic E-state index is 0.0312. The van der Waals surface area contributed by atoms with Crippen LogP contribution < -0.4 is 0 Å². The topological polar surface area (TPSA) is 0 Å². The first kappa shape index (κ1) is 10.0. The van der Waals surface area contributed by atoms with E-state index in [4.69, 9.17) is 0 Å². The minimum Gasteiger partial charge on any atom is -0.105 e. The standard InChI is InChI=1S/C11H22Si/c1-9(2)12-10(3)11-7-5-4-6-8-11/h10-11H,1,4-8,12H2,2-3H3. The fourth-order valence-corrected chi connectivity index (χ4v) is 4.32. The molecule has 0 aromatic rings. The van der Waals surface area contributed by atoms with Crippen LogP contribution in [0.4, 0.5) is 0 Å². The zero-order valence-corrected chi connectivity index (χ0v) is 10.0. The highest BCUT2D eigenvalue weighted by Crippen LogP contribution is 2.33.